The van der Waals surface area contributed by atoms with Crippen LogP contribution in [0.2, 0.25) is 0 Å². The molecule has 0 N–H and O–H groups in total. The third kappa shape index (κ3) is 4.95. The topological polar surface area (TPSA) is 47.3 Å². The summed E-state index contributed by atoms with van der Waals surface area (Å²) in [7, 11) is 1.93. The van der Waals surface area contributed by atoms with Crippen molar-refractivity contribution in [3.63, 3.8) is 0 Å². The fraction of sp³-hybridized carbons (Fsp3) is 0.409. The van der Waals surface area contributed by atoms with Crippen molar-refractivity contribution in [1.82, 2.24) is 0 Å². The van der Waals surface area contributed by atoms with Gasteiger partial charge in [-0.15, -0.1) is 0 Å². The van der Waals surface area contributed by atoms with Gasteiger partial charge in [0, 0.05) is 12.0 Å². The van der Waals surface area contributed by atoms with E-state index in [-0.39, 0.29) is 35.1 Å². The molecule has 4 nitrogen and oxygen atoms in total. The Morgan fingerprint density at radius 3 is 2.14 bits per heavy atom. The number of nitrogens with zero attached hydrogens (tertiary/aromatic N) is 1. The molecule has 0 saturated carbocycles. The maximum Gasteiger partial charge on any atom is 0.345 e. The zero-order valence-corrected chi connectivity index (χ0v) is 20.1. The first kappa shape index (κ1) is 24.6. The number of ether oxygens (including phenoxy) is 1. The summed E-state index contributed by atoms with van der Waals surface area (Å²) in [5.74, 6) is 0.325. The summed E-state index contributed by atoms with van der Waals surface area (Å²) in [5.41, 5.74) is 4.65. The molecule has 0 amide bonds. The van der Waals surface area contributed by atoms with Crippen molar-refractivity contribution in [1.29, 1.82) is 0 Å². The Kier molecular flexibility index (Phi) is 10.2. The van der Waals surface area contributed by atoms with Crippen molar-refractivity contribution in [2.24, 2.45) is 7.05 Å². The van der Waals surface area contributed by atoms with Crippen molar-refractivity contribution in [3.8, 4) is 11.3 Å². The smallest absolute Gasteiger partial charge is 0.345 e. The summed E-state index contributed by atoms with van der Waals surface area (Å²) < 4.78 is 7.38. The monoisotopic (exact) mass is 513 g/mol. The fourth-order valence-corrected chi connectivity index (χ4v) is 4.13. The van der Waals surface area contributed by atoms with E-state index in [1.807, 2.05) is 62.7 Å². The minimum atomic E-state index is -0.373. The van der Waals surface area contributed by atoms with Gasteiger partial charge in [-0.1, -0.05) is 50.7 Å². The molecule has 0 aliphatic heterocycles. The number of thioether (sulfide) groups is 1. The lowest BCUT2D eigenvalue weighted by molar-refractivity contribution is -0.668. The first-order chi connectivity index (χ1) is 13.0. The van der Waals surface area contributed by atoms with Gasteiger partial charge in [-0.25, -0.2) is 4.79 Å². The van der Waals surface area contributed by atoms with E-state index < -0.39 is 0 Å². The molecule has 0 atom stereocenters. The molecule has 0 bridgehead atoms. The third-order valence-electron chi connectivity index (χ3n) is 4.56. The van der Waals surface area contributed by atoms with Crippen LogP contribution < -0.4 is 28.5 Å². The molecular weight excluding hydrogens is 485 g/mol. The van der Waals surface area contributed by atoms with Gasteiger partial charge in [-0.3, -0.25) is 4.79 Å². The number of esters is 1. The van der Waals surface area contributed by atoms with Crippen LogP contribution in [0.25, 0.3) is 11.3 Å². The first-order valence-corrected chi connectivity index (χ1v) is 10.5. The number of pyridine rings is 1. The lowest BCUT2D eigenvalue weighted by atomic mass is 9.92. The van der Waals surface area contributed by atoms with Gasteiger partial charge in [-0.05, 0) is 36.8 Å². The Bertz CT molecular complexity index is 838. The molecule has 0 saturated heterocycles. The van der Waals surface area contributed by atoms with E-state index in [4.69, 9.17) is 4.74 Å². The number of hydrogen-bond acceptors (Lipinski definition) is 4. The molecule has 1 heterocycles. The average molecular weight is 513 g/mol. The summed E-state index contributed by atoms with van der Waals surface area (Å²) in [4.78, 5) is 25.9. The molecule has 152 valence electrons. The van der Waals surface area contributed by atoms with Crippen LogP contribution in [0, 0.1) is 0 Å². The van der Waals surface area contributed by atoms with Crippen molar-refractivity contribution < 1.29 is 42.9 Å². The molecule has 1 aromatic carbocycles. The zero-order chi connectivity index (χ0) is 20.0. The number of benzene rings is 1. The lowest BCUT2D eigenvalue weighted by Crippen LogP contribution is -3.00. The largest absolute Gasteiger partial charge is 1.00 e. The Hall–Kier alpha value is -1.41. The van der Waals surface area contributed by atoms with E-state index in [0.29, 0.717) is 36.3 Å². The van der Waals surface area contributed by atoms with Gasteiger partial charge < -0.3 is 28.7 Å². The predicted octanol–water partition coefficient (Wildman–Crippen LogP) is 1.38. The Morgan fingerprint density at radius 1 is 1.00 bits per heavy atom. The normalized spacial score (nSPS) is 10.3. The van der Waals surface area contributed by atoms with Crippen LogP contribution in [0.1, 0.15) is 59.7 Å². The lowest BCUT2D eigenvalue weighted by Gasteiger charge is -2.18. The van der Waals surface area contributed by atoms with E-state index in [9.17, 15) is 9.59 Å². The number of aromatic nitrogens is 1. The average Bonchev–Trinajstić information content (AvgIpc) is 2.67. The highest BCUT2D eigenvalue weighted by atomic mass is 127. The van der Waals surface area contributed by atoms with Gasteiger partial charge in [-0.2, -0.15) is 4.57 Å². The second-order valence-corrected chi connectivity index (χ2v) is 7.33. The van der Waals surface area contributed by atoms with Gasteiger partial charge in [0.25, 0.3) is 0 Å². The highest BCUT2D eigenvalue weighted by Crippen LogP contribution is 2.31. The van der Waals surface area contributed by atoms with Crippen molar-refractivity contribution in [2.75, 3.05) is 12.4 Å². The van der Waals surface area contributed by atoms with Gasteiger partial charge in [0.1, 0.15) is 12.6 Å². The van der Waals surface area contributed by atoms with E-state index in [0.717, 1.165) is 22.5 Å². The molecule has 0 unspecified atom stereocenters. The molecule has 0 aliphatic carbocycles. The Morgan fingerprint density at radius 2 is 1.64 bits per heavy atom. The second-order valence-electron chi connectivity index (χ2n) is 6.10. The highest BCUT2D eigenvalue weighted by Gasteiger charge is 2.34. The zero-order valence-electron chi connectivity index (χ0n) is 17.2. The van der Waals surface area contributed by atoms with Gasteiger partial charge >= 0.3 is 5.97 Å². The molecule has 0 spiro atoms. The Balaban J connectivity index is 0.00000392. The standard InChI is InChI=1S/C22H28NO3S.HI/c1-6-16-18(22(25)27-9-4)17(7-2)23(5)20(15-13-11-10-12-14-15)19(16)21(24)26-8-3;/h10-14H,6-9H2,1-5H3;1H/q+1;/p-1. The number of carbonyl (C=O) groups is 2. The molecule has 6 heteroatoms. The molecule has 28 heavy (non-hydrogen) atoms. The van der Waals surface area contributed by atoms with Crippen molar-refractivity contribution >= 4 is 22.8 Å². The van der Waals surface area contributed by atoms with Crippen molar-refractivity contribution in [2.45, 2.75) is 40.5 Å². The fourth-order valence-electron chi connectivity index (χ4n) is 3.48. The minimum absolute atomic E-state index is 0. The van der Waals surface area contributed by atoms with Gasteiger partial charge in [0.05, 0.1) is 12.2 Å². The van der Waals surface area contributed by atoms with Crippen molar-refractivity contribution in [3.05, 3.63) is 52.7 Å². The van der Waals surface area contributed by atoms with Gasteiger partial charge in [0.15, 0.2) is 5.69 Å². The van der Waals surface area contributed by atoms with Crippen LogP contribution in [0.15, 0.2) is 30.3 Å². The minimum Gasteiger partial charge on any atom is -1.00 e. The summed E-state index contributed by atoms with van der Waals surface area (Å²) >= 11 is 1.28. The number of hydrogen-bond donors (Lipinski definition) is 0. The SMILES string of the molecule is CCOC(=O)c1c(CC)c(C(=O)SCC)c(CC)[n+](C)c1-c1ccccc1.[I-]. The van der Waals surface area contributed by atoms with Crippen LogP contribution in [-0.2, 0) is 24.6 Å². The van der Waals surface area contributed by atoms with Crippen LogP contribution >= 0.6 is 11.8 Å². The van der Waals surface area contributed by atoms with E-state index >= 15 is 0 Å². The molecule has 0 aliphatic rings. The highest BCUT2D eigenvalue weighted by molar-refractivity contribution is 8.14. The summed E-state index contributed by atoms with van der Waals surface area (Å²) in [5, 5.41) is 0.0203. The number of halogens is 1. The van der Waals surface area contributed by atoms with E-state index in [1.165, 1.54) is 11.8 Å². The summed E-state index contributed by atoms with van der Waals surface area (Å²) in [6, 6.07) is 9.82. The summed E-state index contributed by atoms with van der Waals surface area (Å²) in [6.45, 7) is 8.08. The molecule has 1 aromatic heterocycles. The molecule has 0 radical (unpaired) electrons. The van der Waals surface area contributed by atoms with Crippen LogP contribution in [0.5, 0.6) is 0 Å². The maximum atomic E-state index is 12.9. The quantitative estimate of drug-likeness (QED) is 0.319. The molecule has 0 fully saturated rings. The number of rotatable bonds is 7. The molecule has 2 aromatic rings. The van der Waals surface area contributed by atoms with Crippen LogP contribution in [0.4, 0.5) is 0 Å². The number of carbonyl (C=O) groups excluding carboxylic acids is 2. The summed E-state index contributed by atoms with van der Waals surface area (Å²) in [6.07, 6.45) is 1.30. The predicted molar refractivity (Wildman–Crippen MR) is 110 cm³/mol. The van der Waals surface area contributed by atoms with E-state index in [1.54, 1.807) is 6.92 Å². The maximum absolute atomic E-state index is 12.9. The van der Waals surface area contributed by atoms with Gasteiger partial charge in [0.2, 0.25) is 10.8 Å². The van der Waals surface area contributed by atoms with E-state index in [2.05, 4.69) is 0 Å². The molecule has 2 rings (SSSR count). The Labute approximate surface area is 189 Å². The second kappa shape index (κ2) is 11.6. The third-order valence-corrected chi connectivity index (χ3v) is 5.32. The first-order valence-electron chi connectivity index (χ1n) is 9.48. The van der Waals surface area contributed by atoms with Crippen LogP contribution in [-0.4, -0.2) is 23.4 Å². The molecular formula is C22H28INO3S. The van der Waals surface area contributed by atoms with Crippen LogP contribution in [0.3, 0.4) is 0 Å².